The molecule has 0 radical (unpaired) electrons. The number of halogens is 1. The Kier molecular flexibility index (Phi) is 7.95. The van der Waals surface area contributed by atoms with Gasteiger partial charge in [0.15, 0.2) is 0 Å². The number of hydrogen-bond acceptors (Lipinski definition) is 8. The van der Waals surface area contributed by atoms with E-state index in [1.807, 2.05) is 40.0 Å². The third-order valence-corrected chi connectivity index (χ3v) is 8.63. The Labute approximate surface area is 244 Å². The van der Waals surface area contributed by atoms with Gasteiger partial charge in [0.2, 0.25) is 5.95 Å². The van der Waals surface area contributed by atoms with Gasteiger partial charge in [-0.05, 0) is 52.4 Å². The summed E-state index contributed by atoms with van der Waals surface area (Å²) >= 11 is 6.59. The molecule has 2 N–H and O–H groups in total. The van der Waals surface area contributed by atoms with Crippen molar-refractivity contribution in [3.8, 4) is 11.3 Å². The number of likely N-dealkylation sites (tertiary alicyclic amines) is 1. The predicted molar refractivity (Wildman–Crippen MR) is 160 cm³/mol. The van der Waals surface area contributed by atoms with Crippen LogP contribution in [0.2, 0.25) is 5.02 Å². The summed E-state index contributed by atoms with van der Waals surface area (Å²) in [5.41, 5.74) is 0.913. The van der Waals surface area contributed by atoms with Gasteiger partial charge < -0.3 is 20.3 Å². The van der Waals surface area contributed by atoms with Crippen molar-refractivity contribution in [1.29, 1.82) is 0 Å². The normalized spacial score (nSPS) is 18.3. The van der Waals surface area contributed by atoms with Crippen LogP contribution in [0.3, 0.4) is 0 Å². The molecule has 1 saturated heterocycles. The van der Waals surface area contributed by atoms with Crippen molar-refractivity contribution < 1.29 is 17.9 Å². The minimum absolute atomic E-state index is 0.0671. The maximum Gasteiger partial charge on any atom is 0.407 e. The molecule has 2 atom stereocenters. The van der Waals surface area contributed by atoms with Gasteiger partial charge in [-0.25, -0.2) is 27.2 Å². The van der Waals surface area contributed by atoms with Gasteiger partial charge in [-0.15, -0.1) is 0 Å². The maximum absolute atomic E-state index is 13.6. The highest BCUT2D eigenvalue weighted by molar-refractivity contribution is 7.90. The minimum Gasteiger partial charge on any atom is -0.444 e. The quantitative estimate of drug-likeness (QED) is 0.319. The van der Waals surface area contributed by atoms with Gasteiger partial charge in [0.25, 0.3) is 10.0 Å². The number of benzene rings is 2. The van der Waals surface area contributed by atoms with Gasteiger partial charge in [0.05, 0.1) is 27.3 Å². The topological polar surface area (TPSA) is 118 Å². The SMILES string of the molecule is CN1C[C@@H](NC(=O)OC(C)(C)C)C[C@@H](Nc2ncc(Cl)c(-c3cn(S(=O)(=O)c4ccccc4)c4ccccc34)n2)C1. The minimum atomic E-state index is -3.87. The predicted octanol–water partition coefficient (Wildman–Crippen LogP) is 5.00. The summed E-state index contributed by atoms with van der Waals surface area (Å²) in [7, 11) is -1.89. The number of fused-ring (bicyclic) bond motifs is 1. The van der Waals surface area contributed by atoms with Crippen LogP contribution < -0.4 is 10.6 Å². The van der Waals surface area contributed by atoms with E-state index < -0.39 is 21.7 Å². The third kappa shape index (κ3) is 6.47. The fraction of sp³-hybridized carbons (Fsp3) is 0.345. The molecule has 0 unspecified atom stereocenters. The molecule has 1 amide bonds. The summed E-state index contributed by atoms with van der Waals surface area (Å²) in [6, 6.07) is 15.3. The molecule has 0 saturated carbocycles. The first kappa shape index (κ1) is 28.8. The Morgan fingerprint density at radius 1 is 1.05 bits per heavy atom. The number of nitrogens with zero attached hydrogens (tertiary/aromatic N) is 4. The molecule has 5 rings (SSSR count). The number of nitrogens with one attached hydrogen (secondary N) is 2. The number of amides is 1. The first-order valence-corrected chi connectivity index (χ1v) is 15.1. The molecule has 2 aromatic carbocycles. The van der Waals surface area contributed by atoms with Crippen LogP contribution in [0.4, 0.5) is 10.7 Å². The van der Waals surface area contributed by atoms with Crippen molar-refractivity contribution in [2.45, 2.75) is 49.8 Å². The van der Waals surface area contributed by atoms with Crippen LogP contribution in [0.5, 0.6) is 0 Å². The number of rotatable bonds is 6. The summed E-state index contributed by atoms with van der Waals surface area (Å²) in [6.45, 7) is 6.87. The first-order chi connectivity index (χ1) is 19.4. The average molecular weight is 597 g/mol. The molecule has 0 aliphatic carbocycles. The number of ether oxygens (including phenoxy) is 1. The molecule has 1 fully saturated rings. The van der Waals surface area contributed by atoms with E-state index >= 15 is 0 Å². The fourth-order valence-electron chi connectivity index (χ4n) is 5.05. The Hall–Kier alpha value is -3.67. The second-order valence-electron chi connectivity index (χ2n) is 11.2. The number of hydrogen-bond donors (Lipinski definition) is 2. The number of likely N-dealkylation sites (N-methyl/N-ethyl adjacent to an activating group) is 1. The summed E-state index contributed by atoms with van der Waals surface area (Å²) in [5, 5.41) is 7.31. The Morgan fingerprint density at radius 3 is 2.46 bits per heavy atom. The van der Waals surface area contributed by atoms with Gasteiger partial charge in [-0.1, -0.05) is 48.0 Å². The number of alkyl carbamates (subject to hydrolysis) is 1. The summed E-state index contributed by atoms with van der Waals surface area (Å²) in [6.07, 6.45) is 3.25. The smallest absolute Gasteiger partial charge is 0.407 e. The highest BCUT2D eigenvalue weighted by atomic mass is 35.5. The van der Waals surface area contributed by atoms with Gasteiger partial charge in [-0.2, -0.15) is 0 Å². The van der Waals surface area contributed by atoms with Gasteiger partial charge >= 0.3 is 6.09 Å². The van der Waals surface area contributed by atoms with Crippen molar-refractivity contribution >= 4 is 44.6 Å². The summed E-state index contributed by atoms with van der Waals surface area (Å²) < 4.78 is 33.8. The molecule has 0 spiro atoms. The number of piperidine rings is 1. The molecule has 4 aromatic rings. The molecule has 216 valence electrons. The standard InChI is InChI=1S/C29H33ClN6O4S/c1-29(2,3)40-28(37)33-20-14-19(16-35(4)17-20)32-27-31-15-24(30)26(34-27)23-18-36(25-13-9-8-12-22(23)25)41(38,39)21-10-6-5-7-11-21/h5-13,15,18-20H,14,16-17H2,1-4H3,(H,33,37)(H,31,32,34)/t19-,20+/m1/s1. The molecular formula is C29H33ClN6O4S. The van der Waals surface area contributed by atoms with Gasteiger partial charge in [0.1, 0.15) is 5.60 Å². The van der Waals surface area contributed by atoms with E-state index in [0.29, 0.717) is 52.6 Å². The summed E-state index contributed by atoms with van der Waals surface area (Å²) in [5.74, 6) is 0.350. The Balaban J connectivity index is 1.43. The molecule has 3 heterocycles. The molecule has 1 aliphatic heterocycles. The fourth-order valence-corrected chi connectivity index (χ4v) is 6.64. The van der Waals surface area contributed by atoms with Crippen LogP contribution in [-0.4, -0.2) is 71.2 Å². The molecule has 41 heavy (non-hydrogen) atoms. The number of carbonyl (C=O) groups is 1. The third-order valence-electron chi connectivity index (χ3n) is 6.66. The van der Waals surface area contributed by atoms with E-state index in [-0.39, 0.29) is 17.0 Å². The van der Waals surface area contributed by atoms with Crippen molar-refractivity contribution in [2.24, 2.45) is 0 Å². The lowest BCUT2D eigenvalue weighted by atomic mass is 10.0. The lowest BCUT2D eigenvalue weighted by Gasteiger charge is -2.36. The molecule has 2 aromatic heterocycles. The second kappa shape index (κ2) is 11.3. The van der Waals surface area contributed by atoms with Crippen LogP contribution in [-0.2, 0) is 14.8 Å². The number of para-hydroxylation sites is 1. The highest BCUT2D eigenvalue weighted by Crippen LogP contribution is 2.35. The van der Waals surface area contributed by atoms with Crippen molar-refractivity contribution in [3.05, 3.63) is 72.0 Å². The molecule has 10 nitrogen and oxygen atoms in total. The van der Waals surface area contributed by atoms with Crippen LogP contribution in [0.1, 0.15) is 27.2 Å². The van der Waals surface area contributed by atoms with E-state index in [1.165, 1.54) is 10.2 Å². The largest absolute Gasteiger partial charge is 0.444 e. The maximum atomic E-state index is 13.6. The number of anilines is 1. The molecule has 1 aliphatic rings. The van der Waals surface area contributed by atoms with Crippen LogP contribution in [0.25, 0.3) is 22.2 Å². The zero-order chi connectivity index (χ0) is 29.4. The van der Waals surface area contributed by atoms with Crippen LogP contribution in [0.15, 0.2) is 71.9 Å². The monoisotopic (exact) mass is 596 g/mol. The molecular weight excluding hydrogens is 564 g/mol. The summed E-state index contributed by atoms with van der Waals surface area (Å²) in [4.78, 5) is 23.8. The van der Waals surface area contributed by atoms with Crippen molar-refractivity contribution in [3.63, 3.8) is 0 Å². The number of carbonyl (C=O) groups excluding carboxylic acids is 1. The van der Waals surface area contributed by atoms with E-state index in [2.05, 4.69) is 20.5 Å². The average Bonchev–Trinajstić information content (AvgIpc) is 3.29. The van der Waals surface area contributed by atoms with Crippen molar-refractivity contribution in [1.82, 2.24) is 24.2 Å². The zero-order valence-electron chi connectivity index (χ0n) is 23.3. The van der Waals surface area contributed by atoms with Crippen molar-refractivity contribution in [2.75, 3.05) is 25.5 Å². The highest BCUT2D eigenvalue weighted by Gasteiger charge is 2.29. The van der Waals surface area contributed by atoms with E-state index in [4.69, 9.17) is 21.3 Å². The zero-order valence-corrected chi connectivity index (χ0v) is 24.9. The van der Waals surface area contributed by atoms with Gasteiger partial charge in [-0.3, -0.25) is 0 Å². The van der Waals surface area contributed by atoms with E-state index in [1.54, 1.807) is 48.7 Å². The lowest BCUT2D eigenvalue weighted by molar-refractivity contribution is 0.0476. The number of aromatic nitrogens is 3. The molecule has 12 heteroatoms. The Bertz CT molecular complexity index is 1670. The van der Waals surface area contributed by atoms with E-state index in [9.17, 15) is 13.2 Å². The van der Waals surface area contributed by atoms with Gasteiger partial charge in [0, 0.05) is 42.3 Å². The van der Waals surface area contributed by atoms with E-state index in [0.717, 1.165) is 0 Å². The Morgan fingerprint density at radius 2 is 1.73 bits per heavy atom. The van der Waals surface area contributed by atoms with Crippen LogP contribution in [0, 0.1) is 0 Å². The second-order valence-corrected chi connectivity index (χ2v) is 13.4. The molecule has 0 bridgehead atoms. The first-order valence-electron chi connectivity index (χ1n) is 13.3. The lowest BCUT2D eigenvalue weighted by Crippen LogP contribution is -2.53. The van der Waals surface area contributed by atoms with Crippen LogP contribution >= 0.6 is 11.6 Å².